The fraction of sp³-hybridized carbons (Fsp3) is 0. The lowest BCUT2D eigenvalue weighted by atomic mass is 10.6. The lowest BCUT2D eigenvalue weighted by Gasteiger charge is -1.39. The molecule has 1 N–H and O–H groups in total. The fourth-order valence-electron chi connectivity index (χ4n) is 0.227. The van der Waals surface area contributed by atoms with Crippen molar-refractivity contribution in [3.8, 4) is 0 Å². The number of rotatable bonds is 0. The lowest BCUT2D eigenvalue weighted by Crippen LogP contribution is -1.34. The van der Waals surface area contributed by atoms with Crippen LogP contribution in [0.25, 0.3) is 0 Å². The van der Waals surface area contributed by atoms with Crippen molar-refractivity contribution in [3.05, 3.63) is 22.9 Å². The van der Waals surface area contributed by atoms with Gasteiger partial charge in [-0.1, -0.05) is 12.1 Å². The van der Waals surface area contributed by atoms with Crippen molar-refractivity contribution in [2.45, 2.75) is 0 Å². The first-order chi connectivity index (χ1) is 3.50. The third kappa shape index (κ3) is 3.56. The molecule has 0 bridgehead atoms. The summed E-state index contributed by atoms with van der Waals surface area (Å²) in [5, 5.41) is 10.6. The normalized spacial score (nSPS) is 6.43. The smallest absolute Gasteiger partial charge is 0.277 e. The number of thiophene rings is 1. The SMILES string of the molecule is [B]O.c1ccsc1. The largest absolute Gasteiger partial charge is 0.461 e. The molecule has 3 heteroatoms. The van der Waals surface area contributed by atoms with Gasteiger partial charge in [-0.15, -0.1) is 0 Å². The molecule has 0 aliphatic heterocycles. The zero-order valence-corrected chi connectivity index (χ0v) is 4.56. The van der Waals surface area contributed by atoms with Gasteiger partial charge in [-0.05, 0) is 10.8 Å². The Kier molecular flexibility index (Phi) is 5.50. The molecule has 0 aliphatic carbocycles. The Morgan fingerprint density at radius 2 is 1.57 bits per heavy atom. The Bertz CT molecular complexity index is 68.2. The summed E-state index contributed by atoms with van der Waals surface area (Å²) in [6.07, 6.45) is 0. The molecular weight excluding hydrogens is 107 g/mol. The maximum Gasteiger partial charge on any atom is 0.277 e. The second-order valence-corrected chi connectivity index (χ2v) is 1.61. The van der Waals surface area contributed by atoms with E-state index in [2.05, 4.69) is 8.05 Å². The van der Waals surface area contributed by atoms with Crippen LogP contribution in [0.3, 0.4) is 0 Å². The predicted octanol–water partition coefficient (Wildman–Crippen LogP) is 0.810. The van der Waals surface area contributed by atoms with Gasteiger partial charge < -0.3 is 5.02 Å². The summed E-state index contributed by atoms with van der Waals surface area (Å²) >= 11 is 1.71. The summed E-state index contributed by atoms with van der Waals surface area (Å²) in [5.74, 6) is 0. The molecule has 0 atom stereocenters. The highest BCUT2D eigenvalue weighted by Gasteiger charge is 1.58. The molecule has 1 aromatic heterocycles. The van der Waals surface area contributed by atoms with E-state index in [1.165, 1.54) is 0 Å². The molecule has 1 rings (SSSR count). The number of hydrogen-bond acceptors (Lipinski definition) is 2. The molecule has 0 spiro atoms. The highest BCUT2D eigenvalue weighted by molar-refractivity contribution is 7.07. The van der Waals surface area contributed by atoms with Gasteiger partial charge in [0, 0.05) is 0 Å². The van der Waals surface area contributed by atoms with E-state index in [0.717, 1.165) is 0 Å². The van der Waals surface area contributed by atoms with Crippen molar-refractivity contribution >= 4 is 19.4 Å². The van der Waals surface area contributed by atoms with E-state index < -0.39 is 0 Å². The summed E-state index contributed by atoms with van der Waals surface area (Å²) in [5.41, 5.74) is 0. The molecular formula is C4H5BOS. The molecule has 7 heavy (non-hydrogen) atoms. The van der Waals surface area contributed by atoms with Gasteiger partial charge in [-0.3, -0.25) is 0 Å². The van der Waals surface area contributed by atoms with E-state index >= 15 is 0 Å². The van der Waals surface area contributed by atoms with Crippen molar-refractivity contribution in [2.24, 2.45) is 0 Å². The van der Waals surface area contributed by atoms with Crippen molar-refractivity contribution in [2.75, 3.05) is 0 Å². The molecule has 2 radical (unpaired) electrons. The highest BCUT2D eigenvalue weighted by Crippen LogP contribution is 1.91. The van der Waals surface area contributed by atoms with Crippen LogP contribution in [0.2, 0.25) is 0 Å². The Balaban J connectivity index is 0.000000162. The summed E-state index contributed by atoms with van der Waals surface area (Å²) < 4.78 is 0. The quantitative estimate of drug-likeness (QED) is 0.492. The highest BCUT2D eigenvalue weighted by atomic mass is 32.1. The Morgan fingerprint density at radius 3 is 1.71 bits per heavy atom. The van der Waals surface area contributed by atoms with Gasteiger partial charge >= 0.3 is 0 Å². The molecule has 0 saturated carbocycles. The van der Waals surface area contributed by atoms with Gasteiger partial charge in [-0.25, -0.2) is 0 Å². The van der Waals surface area contributed by atoms with Gasteiger partial charge in [0.05, 0.1) is 0 Å². The van der Waals surface area contributed by atoms with Crippen LogP contribution in [0.4, 0.5) is 0 Å². The first kappa shape index (κ1) is 6.72. The van der Waals surface area contributed by atoms with Crippen LogP contribution in [-0.2, 0) is 0 Å². The summed E-state index contributed by atoms with van der Waals surface area (Å²) in [6, 6.07) is 4.04. The molecule has 1 heterocycles. The first-order valence-electron chi connectivity index (χ1n) is 1.73. The minimum atomic E-state index is 1.71. The van der Waals surface area contributed by atoms with E-state index in [9.17, 15) is 0 Å². The van der Waals surface area contributed by atoms with Crippen LogP contribution in [0.5, 0.6) is 0 Å². The standard InChI is InChI=1S/C4H4S.BHO/c1-2-4-5-3-1;1-2/h1-4H;2H. The number of hydrogen-bond donors (Lipinski definition) is 1. The topological polar surface area (TPSA) is 20.2 Å². The third-order valence-corrected chi connectivity index (χ3v) is 1.05. The molecule has 1 aromatic rings. The van der Waals surface area contributed by atoms with E-state index in [-0.39, 0.29) is 0 Å². The lowest BCUT2D eigenvalue weighted by molar-refractivity contribution is 0.629. The third-order valence-electron chi connectivity index (χ3n) is 0.425. The summed E-state index contributed by atoms with van der Waals surface area (Å²) in [7, 11) is 3.50. The Morgan fingerprint density at radius 1 is 1.14 bits per heavy atom. The molecule has 0 saturated heterocycles. The minimum absolute atomic E-state index is 1.71. The van der Waals surface area contributed by atoms with Crippen LogP contribution in [0.15, 0.2) is 22.9 Å². The van der Waals surface area contributed by atoms with Crippen molar-refractivity contribution in [3.63, 3.8) is 0 Å². The zero-order chi connectivity index (χ0) is 5.54. The zero-order valence-electron chi connectivity index (χ0n) is 3.74. The average Bonchev–Trinajstić information content (AvgIpc) is 2.23. The van der Waals surface area contributed by atoms with Crippen LogP contribution >= 0.6 is 11.3 Å². The summed E-state index contributed by atoms with van der Waals surface area (Å²) in [4.78, 5) is 0. The molecule has 0 aliphatic rings. The molecule has 36 valence electrons. The van der Waals surface area contributed by atoms with E-state index in [0.29, 0.717) is 0 Å². The monoisotopic (exact) mass is 112 g/mol. The minimum Gasteiger partial charge on any atom is -0.461 e. The van der Waals surface area contributed by atoms with Gasteiger partial charge in [0.15, 0.2) is 0 Å². The van der Waals surface area contributed by atoms with Crippen LogP contribution < -0.4 is 0 Å². The van der Waals surface area contributed by atoms with E-state index in [1.54, 1.807) is 11.3 Å². The van der Waals surface area contributed by atoms with Crippen molar-refractivity contribution in [1.29, 1.82) is 0 Å². The van der Waals surface area contributed by atoms with E-state index in [1.807, 2.05) is 22.9 Å². The molecule has 0 unspecified atom stereocenters. The first-order valence-corrected chi connectivity index (χ1v) is 2.67. The van der Waals surface area contributed by atoms with Crippen molar-refractivity contribution < 1.29 is 5.02 Å². The summed E-state index contributed by atoms with van der Waals surface area (Å²) in [6.45, 7) is 0. The van der Waals surface area contributed by atoms with Gasteiger partial charge in [-0.2, -0.15) is 11.3 Å². The molecule has 1 nitrogen and oxygen atoms in total. The maximum atomic E-state index is 6.50. The maximum absolute atomic E-state index is 6.50. The molecule has 0 amide bonds. The van der Waals surface area contributed by atoms with Crippen LogP contribution in [-0.4, -0.2) is 13.1 Å². The molecule has 0 aromatic carbocycles. The Hall–Kier alpha value is -0.275. The van der Waals surface area contributed by atoms with Gasteiger partial charge in [0.2, 0.25) is 0 Å². The van der Waals surface area contributed by atoms with E-state index in [4.69, 9.17) is 5.02 Å². The second-order valence-electron chi connectivity index (χ2n) is 0.793. The molecule has 0 fully saturated rings. The van der Waals surface area contributed by atoms with Gasteiger partial charge in [0.1, 0.15) is 0 Å². The fourth-order valence-corrected chi connectivity index (χ4v) is 0.680. The van der Waals surface area contributed by atoms with Crippen LogP contribution in [0.1, 0.15) is 0 Å². The van der Waals surface area contributed by atoms with Crippen LogP contribution in [0, 0.1) is 0 Å². The second kappa shape index (κ2) is 5.72. The average molecular weight is 112 g/mol. The predicted molar refractivity (Wildman–Crippen MR) is 32.3 cm³/mol. The van der Waals surface area contributed by atoms with Gasteiger partial charge in [0.25, 0.3) is 8.05 Å². The van der Waals surface area contributed by atoms with Crippen molar-refractivity contribution in [1.82, 2.24) is 0 Å². The Labute approximate surface area is 48.1 Å².